The fraction of sp³-hybridized carbons (Fsp3) is 0.524. The molecule has 1 atom stereocenters. The summed E-state index contributed by atoms with van der Waals surface area (Å²) in [6.45, 7) is 12.9. The summed E-state index contributed by atoms with van der Waals surface area (Å²) in [6.07, 6.45) is 0. The van der Waals surface area contributed by atoms with Gasteiger partial charge in [-0.3, -0.25) is 9.69 Å². The number of nitrogens with one attached hydrogen (secondary N) is 1. The standard InChI is InChI=1S/C21H28N6O2/c1-13-6-7-15-12-16(20(28)22-17(15)14(13)2)18(26-8-10-29-11-9-26)19-23-24-25-27(19)21(3,4)5/h6-7,12,18H,8-11H2,1-5H3,(H,22,28)/t18-/m1/s1. The van der Waals surface area contributed by atoms with Crippen molar-refractivity contribution in [2.75, 3.05) is 26.3 Å². The fourth-order valence-corrected chi connectivity index (χ4v) is 3.92. The fourth-order valence-electron chi connectivity index (χ4n) is 3.92. The van der Waals surface area contributed by atoms with E-state index in [0.717, 1.165) is 22.0 Å². The highest BCUT2D eigenvalue weighted by Crippen LogP contribution is 2.30. The van der Waals surface area contributed by atoms with Crippen LogP contribution in [0.5, 0.6) is 0 Å². The van der Waals surface area contributed by atoms with Gasteiger partial charge >= 0.3 is 0 Å². The van der Waals surface area contributed by atoms with Gasteiger partial charge in [-0.2, -0.15) is 0 Å². The van der Waals surface area contributed by atoms with E-state index in [1.165, 1.54) is 0 Å². The molecule has 1 aromatic carbocycles. The predicted octanol–water partition coefficient (Wildman–Crippen LogP) is 2.31. The molecule has 154 valence electrons. The van der Waals surface area contributed by atoms with Crippen molar-refractivity contribution >= 4 is 10.9 Å². The molecule has 0 unspecified atom stereocenters. The van der Waals surface area contributed by atoms with Crippen LogP contribution < -0.4 is 5.56 Å². The number of aromatic amines is 1. The summed E-state index contributed by atoms with van der Waals surface area (Å²) in [7, 11) is 0. The number of morpholine rings is 1. The molecule has 8 nitrogen and oxygen atoms in total. The van der Waals surface area contributed by atoms with Crippen LogP contribution in [0.15, 0.2) is 23.0 Å². The van der Waals surface area contributed by atoms with Gasteiger partial charge in [-0.1, -0.05) is 12.1 Å². The Morgan fingerprint density at radius 3 is 2.59 bits per heavy atom. The lowest BCUT2D eigenvalue weighted by atomic mass is 9.99. The average Bonchev–Trinajstić information content (AvgIpc) is 3.17. The number of benzene rings is 1. The van der Waals surface area contributed by atoms with Crippen LogP contribution >= 0.6 is 0 Å². The van der Waals surface area contributed by atoms with E-state index in [0.29, 0.717) is 37.7 Å². The minimum atomic E-state index is -0.345. The van der Waals surface area contributed by atoms with Gasteiger partial charge in [0.15, 0.2) is 5.82 Å². The zero-order valence-corrected chi connectivity index (χ0v) is 17.7. The van der Waals surface area contributed by atoms with E-state index in [9.17, 15) is 4.79 Å². The minimum absolute atomic E-state index is 0.105. The van der Waals surface area contributed by atoms with Crippen molar-refractivity contribution in [1.82, 2.24) is 30.1 Å². The Kier molecular flexibility index (Phi) is 5.00. The highest BCUT2D eigenvalue weighted by Gasteiger charge is 2.34. The Morgan fingerprint density at radius 2 is 1.90 bits per heavy atom. The minimum Gasteiger partial charge on any atom is -0.379 e. The third kappa shape index (κ3) is 3.58. The number of hydrogen-bond acceptors (Lipinski definition) is 6. The predicted molar refractivity (Wildman–Crippen MR) is 111 cm³/mol. The van der Waals surface area contributed by atoms with E-state index in [1.807, 2.05) is 17.7 Å². The maximum absolute atomic E-state index is 13.2. The van der Waals surface area contributed by atoms with E-state index in [-0.39, 0.29) is 17.1 Å². The summed E-state index contributed by atoms with van der Waals surface area (Å²) in [6, 6.07) is 5.79. The van der Waals surface area contributed by atoms with Crippen LogP contribution in [0.1, 0.15) is 49.3 Å². The molecule has 0 bridgehead atoms. The number of tetrazole rings is 1. The molecule has 8 heteroatoms. The van der Waals surface area contributed by atoms with Crippen molar-refractivity contribution in [3.8, 4) is 0 Å². The molecule has 1 aliphatic rings. The summed E-state index contributed by atoms with van der Waals surface area (Å²) in [5.74, 6) is 0.674. The normalized spacial score (nSPS) is 17.0. The molecule has 1 aliphatic heterocycles. The molecule has 1 fully saturated rings. The first-order valence-corrected chi connectivity index (χ1v) is 10.0. The van der Waals surface area contributed by atoms with Crippen LogP contribution in [0.2, 0.25) is 0 Å². The number of fused-ring (bicyclic) bond motifs is 1. The van der Waals surface area contributed by atoms with Crippen LogP contribution in [0.3, 0.4) is 0 Å². The number of aromatic nitrogens is 5. The van der Waals surface area contributed by atoms with E-state index < -0.39 is 0 Å². The van der Waals surface area contributed by atoms with Crippen molar-refractivity contribution in [1.29, 1.82) is 0 Å². The van der Waals surface area contributed by atoms with Gasteiger partial charge in [0.05, 0.1) is 24.3 Å². The molecule has 3 heterocycles. The van der Waals surface area contributed by atoms with Gasteiger partial charge in [-0.05, 0) is 67.6 Å². The van der Waals surface area contributed by atoms with E-state index in [4.69, 9.17) is 4.74 Å². The van der Waals surface area contributed by atoms with Crippen molar-refractivity contribution in [2.24, 2.45) is 0 Å². The Morgan fingerprint density at radius 1 is 1.17 bits per heavy atom. The van der Waals surface area contributed by atoms with Gasteiger partial charge in [0.25, 0.3) is 5.56 Å². The highest BCUT2D eigenvalue weighted by molar-refractivity contribution is 5.83. The molecule has 1 saturated heterocycles. The first-order chi connectivity index (χ1) is 13.8. The molecule has 2 aromatic heterocycles. The largest absolute Gasteiger partial charge is 0.379 e. The van der Waals surface area contributed by atoms with E-state index in [1.54, 1.807) is 0 Å². The van der Waals surface area contributed by atoms with Gasteiger partial charge in [0, 0.05) is 18.7 Å². The van der Waals surface area contributed by atoms with Crippen molar-refractivity contribution in [2.45, 2.75) is 46.2 Å². The molecular formula is C21H28N6O2. The Hall–Kier alpha value is -2.58. The molecule has 0 spiro atoms. The summed E-state index contributed by atoms with van der Waals surface area (Å²) < 4.78 is 7.36. The number of rotatable bonds is 3. The maximum atomic E-state index is 13.2. The van der Waals surface area contributed by atoms with Crippen molar-refractivity contribution < 1.29 is 4.74 Å². The summed E-state index contributed by atoms with van der Waals surface area (Å²) in [5, 5.41) is 13.5. The number of aryl methyl sites for hydroxylation is 2. The quantitative estimate of drug-likeness (QED) is 0.731. The van der Waals surface area contributed by atoms with Crippen LogP contribution in [0, 0.1) is 13.8 Å². The highest BCUT2D eigenvalue weighted by atomic mass is 16.5. The van der Waals surface area contributed by atoms with Crippen molar-refractivity contribution in [3.05, 3.63) is 51.1 Å². The second-order valence-electron chi connectivity index (χ2n) is 8.70. The molecular weight excluding hydrogens is 368 g/mol. The van der Waals surface area contributed by atoms with Gasteiger partial charge in [-0.25, -0.2) is 4.68 Å². The number of hydrogen-bond donors (Lipinski definition) is 1. The molecule has 0 radical (unpaired) electrons. The van der Waals surface area contributed by atoms with E-state index >= 15 is 0 Å². The molecule has 4 rings (SSSR count). The molecule has 0 aliphatic carbocycles. The number of nitrogens with zero attached hydrogens (tertiary/aromatic N) is 5. The van der Waals surface area contributed by atoms with Crippen LogP contribution in [0.25, 0.3) is 10.9 Å². The first kappa shape index (κ1) is 19.7. The topological polar surface area (TPSA) is 88.9 Å². The zero-order valence-electron chi connectivity index (χ0n) is 17.7. The summed E-state index contributed by atoms with van der Waals surface area (Å²) >= 11 is 0. The van der Waals surface area contributed by atoms with Gasteiger partial charge in [0.2, 0.25) is 0 Å². The van der Waals surface area contributed by atoms with Crippen LogP contribution in [-0.4, -0.2) is 56.4 Å². The maximum Gasteiger partial charge on any atom is 0.253 e. The summed E-state index contributed by atoms with van der Waals surface area (Å²) in [4.78, 5) is 18.6. The zero-order chi connectivity index (χ0) is 20.8. The Bertz CT molecular complexity index is 1090. The third-order valence-corrected chi connectivity index (χ3v) is 5.66. The molecule has 3 aromatic rings. The lowest BCUT2D eigenvalue weighted by molar-refractivity contribution is 0.0206. The summed E-state index contributed by atoms with van der Waals surface area (Å²) in [5.41, 5.74) is 3.38. The average molecular weight is 396 g/mol. The van der Waals surface area contributed by atoms with Crippen LogP contribution in [0.4, 0.5) is 0 Å². The van der Waals surface area contributed by atoms with E-state index in [2.05, 4.69) is 65.2 Å². The Balaban J connectivity index is 1.93. The van der Waals surface area contributed by atoms with Crippen LogP contribution in [-0.2, 0) is 10.3 Å². The number of ether oxygens (including phenoxy) is 1. The smallest absolute Gasteiger partial charge is 0.253 e. The Labute approximate surface area is 169 Å². The number of H-pyrrole nitrogens is 1. The van der Waals surface area contributed by atoms with Gasteiger partial charge in [-0.15, -0.1) is 5.10 Å². The second-order valence-corrected chi connectivity index (χ2v) is 8.70. The second kappa shape index (κ2) is 7.35. The van der Waals surface area contributed by atoms with Gasteiger partial charge < -0.3 is 9.72 Å². The lowest BCUT2D eigenvalue weighted by Gasteiger charge is -2.34. The number of pyridine rings is 1. The monoisotopic (exact) mass is 396 g/mol. The SMILES string of the molecule is Cc1ccc2cc([C@H](c3nnnn3C(C)(C)C)N3CCOCC3)c(=O)[nH]c2c1C. The lowest BCUT2D eigenvalue weighted by Crippen LogP contribution is -2.43. The molecule has 1 N–H and O–H groups in total. The molecule has 0 saturated carbocycles. The molecule has 0 amide bonds. The van der Waals surface area contributed by atoms with Gasteiger partial charge in [0.1, 0.15) is 6.04 Å². The molecule has 29 heavy (non-hydrogen) atoms. The third-order valence-electron chi connectivity index (χ3n) is 5.66. The van der Waals surface area contributed by atoms with Crippen molar-refractivity contribution in [3.63, 3.8) is 0 Å². The first-order valence-electron chi connectivity index (χ1n) is 10.0.